The van der Waals surface area contributed by atoms with Crippen LogP contribution in [0.4, 0.5) is 23.5 Å². The number of halogens is 4. The van der Waals surface area contributed by atoms with Gasteiger partial charge in [-0.3, -0.25) is 29.4 Å². The molecule has 0 radical (unpaired) electrons. The number of hydrogen-bond acceptors (Lipinski definition) is 10. The molecule has 62 heavy (non-hydrogen) atoms. The monoisotopic (exact) mass is 865 g/mol. The Bertz CT molecular complexity index is 2290. The van der Waals surface area contributed by atoms with E-state index in [0.29, 0.717) is 87.5 Å². The number of nitrogens with one attached hydrogen (secondary N) is 2. The fraction of sp³-hybridized carbons (Fsp3) is 0.432. The highest BCUT2D eigenvalue weighted by atomic mass is 19.4. The Hall–Kier alpha value is -5.69. The van der Waals surface area contributed by atoms with Crippen molar-refractivity contribution in [2.24, 2.45) is 5.92 Å². The number of hydrogen-bond donors (Lipinski definition) is 2. The van der Waals surface area contributed by atoms with Crippen LogP contribution < -0.4 is 15.4 Å². The zero-order chi connectivity index (χ0) is 43.8. The van der Waals surface area contributed by atoms with Crippen molar-refractivity contribution in [3.63, 3.8) is 0 Å². The first-order chi connectivity index (χ1) is 29.9. The van der Waals surface area contributed by atoms with Gasteiger partial charge >= 0.3 is 6.18 Å². The molecule has 330 valence electrons. The Morgan fingerprint density at radius 1 is 0.806 bits per heavy atom. The van der Waals surface area contributed by atoms with E-state index in [-0.39, 0.29) is 41.9 Å². The fourth-order valence-electron chi connectivity index (χ4n) is 7.86. The Labute approximate surface area is 354 Å². The average Bonchev–Trinajstić information content (AvgIpc) is 3.72. The van der Waals surface area contributed by atoms with Gasteiger partial charge in [-0.25, -0.2) is 9.37 Å². The van der Waals surface area contributed by atoms with Crippen molar-refractivity contribution in [1.82, 2.24) is 19.8 Å². The van der Waals surface area contributed by atoms with E-state index in [1.807, 2.05) is 4.57 Å². The normalized spacial score (nSPS) is 19.2. The Morgan fingerprint density at radius 3 is 2.18 bits per heavy atom. The molecule has 2 fully saturated rings. The summed E-state index contributed by atoms with van der Waals surface area (Å²) in [5, 5.41) is 5.28. The average molecular weight is 866 g/mol. The minimum Gasteiger partial charge on any atom is -0.491 e. The van der Waals surface area contributed by atoms with E-state index < -0.39 is 47.2 Å². The van der Waals surface area contributed by atoms with Gasteiger partial charge in [-0.05, 0) is 93.0 Å². The molecule has 4 aromatic rings. The largest absolute Gasteiger partial charge is 0.491 e. The molecule has 7 rings (SSSR count). The summed E-state index contributed by atoms with van der Waals surface area (Å²) in [5.74, 6) is -1.86. The maximum absolute atomic E-state index is 14.1. The molecule has 3 heterocycles. The second kappa shape index (κ2) is 20.0. The summed E-state index contributed by atoms with van der Waals surface area (Å²) in [6, 6.07) is 12.0. The van der Waals surface area contributed by atoms with Crippen molar-refractivity contribution >= 4 is 40.6 Å². The highest BCUT2D eigenvalue weighted by Gasteiger charge is 2.44. The van der Waals surface area contributed by atoms with Gasteiger partial charge < -0.3 is 33.6 Å². The summed E-state index contributed by atoms with van der Waals surface area (Å²) in [5.41, 5.74) is 0.826. The third-order valence-corrected chi connectivity index (χ3v) is 11.0. The van der Waals surface area contributed by atoms with Gasteiger partial charge in [0.15, 0.2) is 0 Å². The van der Waals surface area contributed by atoms with Crippen molar-refractivity contribution in [2.45, 2.75) is 56.8 Å². The van der Waals surface area contributed by atoms with Gasteiger partial charge in [-0.1, -0.05) is 12.6 Å². The molecule has 2 N–H and O–H groups in total. The van der Waals surface area contributed by atoms with Crippen LogP contribution in [0.3, 0.4) is 0 Å². The number of imidazole rings is 1. The van der Waals surface area contributed by atoms with Crippen LogP contribution in [-0.2, 0) is 29.9 Å². The highest BCUT2D eigenvalue weighted by molar-refractivity contribution is 6.23. The first-order valence-corrected chi connectivity index (χ1v) is 20.5. The SMILES string of the molecule is C=C1CCC(N2C(=O)c3ccc(OCCOCCOCCOCCOC[C@H]4CC[C@@H](n5c(NC(=O)c6cccc(C(F)(F)F)c6)nc6cc(F)ccc65)CC4)cc3C2=O)C(=O)N1. The summed E-state index contributed by atoms with van der Waals surface area (Å²) >= 11 is 0. The molecular formula is C44H47F4N5O9. The number of carbonyl (C=O) groups excluding carboxylic acids is 4. The molecule has 1 aromatic heterocycles. The molecule has 0 spiro atoms. The number of fused-ring (bicyclic) bond motifs is 2. The predicted molar refractivity (Wildman–Crippen MR) is 216 cm³/mol. The first kappa shape index (κ1) is 44.4. The van der Waals surface area contributed by atoms with Crippen molar-refractivity contribution in [2.75, 3.05) is 64.8 Å². The molecule has 3 aromatic carbocycles. The van der Waals surface area contributed by atoms with Crippen LogP contribution in [0.5, 0.6) is 5.75 Å². The third kappa shape index (κ3) is 10.7. The number of rotatable bonds is 19. The lowest BCUT2D eigenvalue weighted by Crippen LogP contribution is -2.51. The van der Waals surface area contributed by atoms with Crippen LogP contribution in [0.25, 0.3) is 11.0 Å². The molecule has 1 atom stereocenters. The van der Waals surface area contributed by atoms with Gasteiger partial charge in [0.25, 0.3) is 17.7 Å². The Balaban J connectivity index is 0.738. The quantitative estimate of drug-likeness (QED) is 0.0590. The fourth-order valence-corrected chi connectivity index (χ4v) is 7.86. The van der Waals surface area contributed by atoms with Crippen LogP contribution in [0.15, 0.2) is 72.9 Å². The zero-order valence-electron chi connectivity index (χ0n) is 33.8. The Kier molecular flexibility index (Phi) is 14.3. The molecule has 2 aliphatic heterocycles. The van der Waals surface area contributed by atoms with Crippen molar-refractivity contribution < 1.29 is 60.4 Å². The minimum absolute atomic E-state index is 0.0772. The van der Waals surface area contributed by atoms with Crippen LogP contribution in [0, 0.1) is 11.7 Å². The van der Waals surface area contributed by atoms with E-state index in [0.717, 1.165) is 42.7 Å². The number of benzene rings is 3. The Morgan fingerprint density at radius 2 is 1.48 bits per heavy atom. The summed E-state index contributed by atoms with van der Waals surface area (Å²) < 4.78 is 84.1. The highest BCUT2D eigenvalue weighted by Crippen LogP contribution is 2.38. The second-order valence-electron chi connectivity index (χ2n) is 15.2. The van der Waals surface area contributed by atoms with E-state index in [2.05, 4.69) is 22.2 Å². The molecule has 18 heteroatoms. The number of ether oxygens (including phenoxy) is 5. The van der Waals surface area contributed by atoms with Gasteiger partial charge in [-0.15, -0.1) is 0 Å². The van der Waals surface area contributed by atoms with Crippen LogP contribution >= 0.6 is 0 Å². The van der Waals surface area contributed by atoms with E-state index in [9.17, 15) is 36.7 Å². The number of imide groups is 1. The van der Waals surface area contributed by atoms with Crippen molar-refractivity contribution in [3.05, 3.63) is 101 Å². The number of amides is 4. The molecule has 14 nitrogen and oxygen atoms in total. The first-order valence-electron chi connectivity index (χ1n) is 20.5. The van der Waals surface area contributed by atoms with E-state index in [1.54, 1.807) is 12.1 Å². The molecule has 1 saturated carbocycles. The summed E-state index contributed by atoms with van der Waals surface area (Å²) in [4.78, 5) is 56.9. The number of alkyl halides is 3. The van der Waals surface area contributed by atoms with Gasteiger partial charge in [0, 0.05) is 30.0 Å². The standard InChI is InChI=1S/C44H47F4N5O9/c1-27-5-13-38(40(55)49-27)53-41(56)34-12-11-33(25-35(34)42(53)57)62-22-21-60-18-17-58-15-16-59-19-20-61-26-28-6-9-32(10-7-28)52-37-14-8-31(45)24-36(37)50-43(52)51-39(54)29-3-2-4-30(23-29)44(46,47)48/h2-4,8,11-12,14,23-25,28,32,38H,1,5-7,9-10,13,15-22,26H2,(H,49,55)(H,50,51,54)/t28-,32+,38?. The number of carbonyl (C=O) groups is 4. The lowest BCUT2D eigenvalue weighted by molar-refractivity contribution is -0.137. The smallest absolute Gasteiger partial charge is 0.416 e. The van der Waals surface area contributed by atoms with Crippen LogP contribution in [0.2, 0.25) is 0 Å². The topological polar surface area (TPSA) is 160 Å². The summed E-state index contributed by atoms with van der Waals surface area (Å²) in [7, 11) is 0. The maximum atomic E-state index is 14.1. The number of nitrogens with zero attached hydrogens (tertiary/aromatic N) is 3. The molecule has 1 unspecified atom stereocenters. The summed E-state index contributed by atoms with van der Waals surface area (Å²) in [6.07, 6.45) is -0.683. The number of piperidine rings is 1. The molecule has 4 amide bonds. The van der Waals surface area contributed by atoms with E-state index in [1.165, 1.54) is 36.4 Å². The molecule has 0 bridgehead atoms. The van der Waals surface area contributed by atoms with Gasteiger partial charge in [0.1, 0.15) is 24.2 Å². The van der Waals surface area contributed by atoms with Crippen LogP contribution in [0.1, 0.15) is 81.2 Å². The number of anilines is 1. The number of aromatic nitrogens is 2. The lowest BCUT2D eigenvalue weighted by Gasteiger charge is -2.30. The van der Waals surface area contributed by atoms with Crippen LogP contribution in [-0.4, -0.2) is 104 Å². The molecular weight excluding hydrogens is 819 g/mol. The minimum atomic E-state index is -4.60. The number of allylic oxidation sites excluding steroid dienone is 1. The lowest BCUT2D eigenvalue weighted by atomic mass is 9.86. The van der Waals surface area contributed by atoms with Gasteiger partial charge in [-0.2, -0.15) is 13.2 Å². The maximum Gasteiger partial charge on any atom is 0.416 e. The predicted octanol–water partition coefficient (Wildman–Crippen LogP) is 6.71. The zero-order valence-corrected chi connectivity index (χ0v) is 33.8. The molecule has 1 saturated heterocycles. The van der Waals surface area contributed by atoms with Gasteiger partial charge in [0.2, 0.25) is 11.9 Å². The van der Waals surface area contributed by atoms with Crippen molar-refractivity contribution in [1.29, 1.82) is 0 Å². The molecule has 1 aliphatic carbocycles. The van der Waals surface area contributed by atoms with Crippen molar-refractivity contribution in [3.8, 4) is 5.75 Å². The second-order valence-corrected chi connectivity index (χ2v) is 15.2. The van der Waals surface area contributed by atoms with Gasteiger partial charge in [0.05, 0.1) is 74.0 Å². The van der Waals surface area contributed by atoms with E-state index >= 15 is 0 Å². The summed E-state index contributed by atoms with van der Waals surface area (Å²) in [6.45, 7) is 7.01. The third-order valence-electron chi connectivity index (χ3n) is 11.0. The molecule has 3 aliphatic rings. The van der Waals surface area contributed by atoms with E-state index in [4.69, 9.17) is 23.7 Å².